The van der Waals surface area contributed by atoms with Crippen LogP contribution in [0.4, 0.5) is 21.6 Å². The Hall–Kier alpha value is -3.49. The van der Waals surface area contributed by atoms with Crippen LogP contribution in [0.1, 0.15) is 20.8 Å². The van der Waals surface area contributed by atoms with Gasteiger partial charge in [-0.25, -0.2) is 19.7 Å². The van der Waals surface area contributed by atoms with Crippen LogP contribution in [0.5, 0.6) is 0 Å². The maximum Gasteiger partial charge on any atom is 0.413 e. The lowest BCUT2D eigenvalue weighted by atomic mass is 10.1. The van der Waals surface area contributed by atoms with Crippen molar-refractivity contribution in [1.29, 1.82) is 0 Å². The minimum absolute atomic E-state index is 0.418. The molecule has 0 saturated heterocycles. The highest BCUT2D eigenvalue weighted by atomic mass is 35.5. The quantitative estimate of drug-likeness (QED) is 0.320. The molecule has 0 spiro atoms. The Bertz CT molecular complexity index is 1270. The van der Waals surface area contributed by atoms with Crippen LogP contribution in [0, 0.1) is 0 Å². The van der Waals surface area contributed by atoms with Gasteiger partial charge in [-0.05, 0) is 45.0 Å². The fourth-order valence-electron chi connectivity index (χ4n) is 2.97. The van der Waals surface area contributed by atoms with Crippen LogP contribution in [-0.2, 0) is 4.74 Å². The molecule has 2 N–H and O–H groups in total. The summed E-state index contributed by atoms with van der Waals surface area (Å²) >= 11 is 7.40. The monoisotopic (exact) mass is 479 g/mol. The summed E-state index contributed by atoms with van der Waals surface area (Å²) in [5.74, 6) is 0.420. The second-order valence-corrected chi connectivity index (χ2v) is 9.53. The maximum atomic E-state index is 12.3. The van der Waals surface area contributed by atoms with Gasteiger partial charge >= 0.3 is 6.09 Å². The van der Waals surface area contributed by atoms with E-state index in [1.54, 1.807) is 24.4 Å². The highest BCUT2D eigenvalue weighted by Crippen LogP contribution is 2.38. The number of aromatic nitrogens is 3. The van der Waals surface area contributed by atoms with Crippen molar-refractivity contribution in [3.63, 3.8) is 0 Å². The second-order valence-electron chi connectivity index (χ2n) is 8.09. The van der Waals surface area contributed by atoms with Crippen molar-refractivity contribution < 1.29 is 9.53 Å². The van der Waals surface area contributed by atoms with Gasteiger partial charge in [-0.2, -0.15) is 0 Å². The number of nitrogens with one attached hydrogen (secondary N) is 2. The van der Waals surface area contributed by atoms with Gasteiger partial charge in [0.2, 0.25) is 5.95 Å². The minimum atomic E-state index is -0.611. The van der Waals surface area contributed by atoms with E-state index in [1.807, 2.05) is 63.2 Å². The molecule has 0 unspecified atom stereocenters. The van der Waals surface area contributed by atoms with Crippen molar-refractivity contribution in [2.45, 2.75) is 26.4 Å². The van der Waals surface area contributed by atoms with E-state index < -0.39 is 11.7 Å². The molecule has 7 nitrogen and oxygen atoms in total. The molecule has 0 bridgehead atoms. The lowest BCUT2D eigenvalue weighted by molar-refractivity contribution is 0.0636. The Morgan fingerprint density at radius 3 is 2.55 bits per heavy atom. The number of hydrogen-bond donors (Lipinski definition) is 2. The third kappa shape index (κ3) is 6.06. The van der Waals surface area contributed by atoms with Gasteiger partial charge in [0.1, 0.15) is 5.60 Å². The van der Waals surface area contributed by atoms with Gasteiger partial charge in [-0.15, -0.1) is 0 Å². The van der Waals surface area contributed by atoms with Crippen LogP contribution in [-0.4, -0.2) is 26.6 Å². The van der Waals surface area contributed by atoms with Gasteiger partial charge < -0.3 is 10.1 Å². The number of benzene rings is 2. The number of nitrogens with zero attached hydrogens (tertiary/aromatic N) is 3. The molecule has 0 fully saturated rings. The molecule has 168 valence electrons. The molecule has 9 heteroatoms. The number of carbonyl (C=O) groups excluding carboxylic acids is 1. The molecule has 0 saturated carbocycles. The van der Waals surface area contributed by atoms with Crippen molar-refractivity contribution in [3.8, 4) is 21.8 Å². The first kappa shape index (κ1) is 22.7. The molecule has 0 aliphatic rings. The highest BCUT2D eigenvalue weighted by molar-refractivity contribution is 7.19. The standard InChI is InChI=1S/C24H22ClN5O2S/c1-24(2,3)32-23(31)30-22-29-19(15-8-5-4-6-9-15)20(33-22)18-12-13-26-21(28-18)27-17-11-7-10-16(25)14-17/h4-14H,1-3H3,(H,26,27,28)(H,29,30,31). The predicted octanol–water partition coefficient (Wildman–Crippen LogP) is 7.01. The largest absolute Gasteiger partial charge is 0.444 e. The summed E-state index contributed by atoms with van der Waals surface area (Å²) in [4.78, 5) is 26.7. The van der Waals surface area contributed by atoms with Gasteiger partial charge in [0.05, 0.1) is 16.3 Å². The Morgan fingerprint density at radius 1 is 1.03 bits per heavy atom. The van der Waals surface area contributed by atoms with Crippen LogP contribution < -0.4 is 10.6 Å². The van der Waals surface area contributed by atoms with Crippen molar-refractivity contribution in [2.75, 3.05) is 10.6 Å². The van der Waals surface area contributed by atoms with E-state index in [9.17, 15) is 4.79 Å². The van der Waals surface area contributed by atoms with Crippen LogP contribution in [0.15, 0.2) is 66.9 Å². The number of ether oxygens (including phenoxy) is 1. The van der Waals surface area contributed by atoms with Crippen molar-refractivity contribution in [1.82, 2.24) is 15.0 Å². The molecule has 4 rings (SSSR count). The van der Waals surface area contributed by atoms with Crippen LogP contribution >= 0.6 is 22.9 Å². The number of carbonyl (C=O) groups is 1. The second kappa shape index (κ2) is 9.56. The summed E-state index contributed by atoms with van der Waals surface area (Å²) in [6.45, 7) is 5.43. The van der Waals surface area contributed by atoms with Crippen molar-refractivity contribution in [3.05, 3.63) is 71.9 Å². The molecule has 2 aromatic heterocycles. The Morgan fingerprint density at radius 2 is 1.82 bits per heavy atom. The van der Waals surface area contributed by atoms with Crippen molar-refractivity contribution >= 4 is 45.8 Å². The van der Waals surface area contributed by atoms with Crippen LogP contribution in [0.25, 0.3) is 21.8 Å². The molecule has 33 heavy (non-hydrogen) atoms. The van der Waals surface area contributed by atoms with E-state index in [0.29, 0.717) is 27.5 Å². The van der Waals surface area contributed by atoms with Gasteiger partial charge in [-0.3, -0.25) is 5.32 Å². The average molecular weight is 480 g/mol. The Balaban J connectivity index is 1.68. The molecule has 0 radical (unpaired) electrons. The predicted molar refractivity (Wildman–Crippen MR) is 133 cm³/mol. The summed E-state index contributed by atoms with van der Waals surface area (Å²) in [5, 5.41) is 6.93. The molecule has 0 atom stereocenters. The molecular weight excluding hydrogens is 458 g/mol. The summed E-state index contributed by atoms with van der Waals surface area (Å²) in [6.07, 6.45) is 1.11. The first-order valence-electron chi connectivity index (χ1n) is 10.2. The molecule has 4 aromatic rings. The van der Waals surface area contributed by atoms with Crippen molar-refractivity contribution in [2.24, 2.45) is 0 Å². The zero-order valence-electron chi connectivity index (χ0n) is 18.3. The molecule has 0 aliphatic heterocycles. The number of anilines is 3. The molecule has 0 aliphatic carbocycles. The summed E-state index contributed by atoms with van der Waals surface area (Å²) < 4.78 is 5.37. The normalized spacial score (nSPS) is 11.2. The van der Waals surface area contributed by atoms with Gasteiger partial charge in [0, 0.05) is 22.5 Å². The Labute approximate surface area is 200 Å². The van der Waals surface area contributed by atoms with E-state index >= 15 is 0 Å². The van der Waals surface area contributed by atoms with E-state index in [-0.39, 0.29) is 0 Å². The van der Waals surface area contributed by atoms with Gasteiger partial charge in [0.15, 0.2) is 5.13 Å². The van der Waals surface area contributed by atoms with E-state index in [2.05, 4.69) is 25.6 Å². The summed E-state index contributed by atoms with van der Waals surface area (Å²) in [7, 11) is 0. The minimum Gasteiger partial charge on any atom is -0.444 e. The van der Waals surface area contributed by atoms with Crippen LogP contribution in [0.3, 0.4) is 0 Å². The van der Waals surface area contributed by atoms with Gasteiger partial charge in [0.25, 0.3) is 0 Å². The lowest BCUT2D eigenvalue weighted by Gasteiger charge is -2.18. The Kier molecular flexibility index (Phi) is 6.57. The molecule has 1 amide bonds. The first-order valence-corrected chi connectivity index (χ1v) is 11.4. The zero-order valence-corrected chi connectivity index (χ0v) is 19.9. The fourth-order valence-corrected chi connectivity index (χ4v) is 4.10. The summed E-state index contributed by atoms with van der Waals surface area (Å²) in [5.41, 5.74) is 2.45. The zero-order chi connectivity index (χ0) is 23.4. The molecule has 2 heterocycles. The third-order valence-corrected chi connectivity index (χ3v) is 5.48. The van der Waals surface area contributed by atoms with E-state index in [1.165, 1.54) is 11.3 Å². The topological polar surface area (TPSA) is 89.0 Å². The molecular formula is C24H22ClN5O2S. The number of hydrogen-bond acceptors (Lipinski definition) is 7. The third-order valence-electron chi connectivity index (χ3n) is 4.25. The number of thiazole rings is 1. The van der Waals surface area contributed by atoms with Crippen LogP contribution in [0.2, 0.25) is 5.02 Å². The average Bonchev–Trinajstić information content (AvgIpc) is 3.17. The number of amides is 1. The number of halogens is 1. The highest BCUT2D eigenvalue weighted by Gasteiger charge is 2.21. The van der Waals surface area contributed by atoms with E-state index in [0.717, 1.165) is 16.1 Å². The van der Waals surface area contributed by atoms with E-state index in [4.69, 9.17) is 16.3 Å². The fraction of sp³-hybridized carbons (Fsp3) is 0.167. The SMILES string of the molecule is CC(C)(C)OC(=O)Nc1nc(-c2ccccc2)c(-c2ccnc(Nc3cccc(Cl)c3)n2)s1. The molecule has 2 aromatic carbocycles. The maximum absolute atomic E-state index is 12.3. The van der Waals surface area contributed by atoms with Gasteiger partial charge in [-0.1, -0.05) is 59.3 Å². The number of rotatable bonds is 5. The smallest absolute Gasteiger partial charge is 0.413 e. The lowest BCUT2D eigenvalue weighted by Crippen LogP contribution is -2.27. The summed E-state index contributed by atoms with van der Waals surface area (Å²) in [6, 6.07) is 18.9. The first-order chi connectivity index (χ1) is 15.8.